The number of rotatable bonds is 10. The molecule has 1 amide bonds. The summed E-state index contributed by atoms with van der Waals surface area (Å²) in [5.74, 6) is 0.150. The van der Waals surface area contributed by atoms with Gasteiger partial charge in [0.25, 0.3) is 0 Å². The van der Waals surface area contributed by atoms with Crippen molar-refractivity contribution in [3.63, 3.8) is 0 Å². The van der Waals surface area contributed by atoms with E-state index < -0.39 is 0 Å². The van der Waals surface area contributed by atoms with E-state index in [0.717, 1.165) is 76.0 Å². The number of H-pyrrole nitrogens is 2. The van der Waals surface area contributed by atoms with Crippen molar-refractivity contribution < 1.29 is 13.9 Å². The van der Waals surface area contributed by atoms with Crippen LogP contribution in [-0.4, -0.2) is 62.2 Å². The molecule has 9 nitrogen and oxygen atoms in total. The summed E-state index contributed by atoms with van der Waals surface area (Å²) in [5, 5.41) is 12.3. The highest BCUT2D eigenvalue weighted by atomic mass is 19.1. The molecule has 0 spiro atoms. The van der Waals surface area contributed by atoms with Crippen LogP contribution >= 0.6 is 0 Å². The van der Waals surface area contributed by atoms with E-state index in [0.29, 0.717) is 30.1 Å². The zero-order valence-corrected chi connectivity index (χ0v) is 25.1. The molecular formula is C35H34FN7O2. The number of amides is 1. The van der Waals surface area contributed by atoms with E-state index >= 15 is 0 Å². The first kappa shape index (κ1) is 28.7. The minimum absolute atomic E-state index is 0.0418. The molecule has 7 rings (SSSR count). The monoisotopic (exact) mass is 603 g/mol. The molecule has 10 heteroatoms. The number of hydrogen-bond donors (Lipinski definition) is 3. The summed E-state index contributed by atoms with van der Waals surface area (Å²) in [4.78, 5) is 26.9. The molecule has 1 saturated heterocycles. The van der Waals surface area contributed by atoms with Crippen molar-refractivity contribution >= 4 is 33.5 Å². The van der Waals surface area contributed by atoms with Crippen LogP contribution in [0.25, 0.3) is 55.6 Å². The second-order valence-electron chi connectivity index (χ2n) is 11.5. The molecule has 4 aromatic heterocycles. The van der Waals surface area contributed by atoms with Crippen molar-refractivity contribution in [2.24, 2.45) is 0 Å². The van der Waals surface area contributed by atoms with Gasteiger partial charge in [-0.25, -0.2) is 9.37 Å². The molecule has 1 aliphatic heterocycles. The quantitative estimate of drug-likeness (QED) is 0.153. The number of ether oxygens (including phenoxy) is 1. The Hall–Kier alpha value is -5.09. The van der Waals surface area contributed by atoms with Crippen molar-refractivity contribution in [2.75, 3.05) is 31.6 Å². The molecular weight excluding hydrogens is 569 g/mol. The van der Waals surface area contributed by atoms with E-state index in [2.05, 4.69) is 41.4 Å². The fourth-order valence-corrected chi connectivity index (χ4v) is 6.02. The Morgan fingerprint density at radius 1 is 1.00 bits per heavy atom. The Balaban J connectivity index is 1.19. The first-order valence-electron chi connectivity index (χ1n) is 15.4. The summed E-state index contributed by atoms with van der Waals surface area (Å²) in [5.41, 5.74) is 7.06. The van der Waals surface area contributed by atoms with Gasteiger partial charge in [0.2, 0.25) is 5.91 Å². The first-order chi connectivity index (χ1) is 22.0. The third kappa shape index (κ3) is 6.14. The van der Waals surface area contributed by atoms with Crippen LogP contribution in [0.5, 0.6) is 5.75 Å². The normalized spacial score (nSPS) is 13.6. The maximum atomic E-state index is 14.8. The zero-order chi connectivity index (χ0) is 30.8. The summed E-state index contributed by atoms with van der Waals surface area (Å²) in [6, 6.07) is 16.8. The lowest BCUT2D eigenvalue weighted by Crippen LogP contribution is -2.25. The van der Waals surface area contributed by atoms with Gasteiger partial charge in [0.15, 0.2) is 5.65 Å². The number of aromatic amines is 2. The van der Waals surface area contributed by atoms with Gasteiger partial charge in [0, 0.05) is 58.8 Å². The van der Waals surface area contributed by atoms with Crippen LogP contribution in [0.4, 0.5) is 10.1 Å². The average Bonchev–Trinajstić information content (AvgIpc) is 3.80. The van der Waals surface area contributed by atoms with Crippen molar-refractivity contribution in [1.29, 1.82) is 0 Å². The summed E-state index contributed by atoms with van der Waals surface area (Å²) in [6.07, 6.45) is 8.81. The van der Waals surface area contributed by atoms with Crippen LogP contribution in [0.15, 0.2) is 73.2 Å². The Bertz CT molecular complexity index is 1990. The Kier molecular flexibility index (Phi) is 7.96. The van der Waals surface area contributed by atoms with E-state index in [4.69, 9.17) is 4.74 Å². The van der Waals surface area contributed by atoms with Gasteiger partial charge in [-0.2, -0.15) is 5.10 Å². The Morgan fingerprint density at radius 3 is 2.73 bits per heavy atom. The third-order valence-electron chi connectivity index (χ3n) is 8.23. The molecule has 5 heterocycles. The number of fused-ring (bicyclic) bond motifs is 2. The van der Waals surface area contributed by atoms with E-state index in [-0.39, 0.29) is 11.7 Å². The number of carbonyl (C=O) groups excluding carboxylic acids is 1. The van der Waals surface area contributed by atoms with Gasteiger partial charge in [-0.3, -0.25) is 19.8 Å². The topological polar surface area (TPSA) is 112 Å². The van der Waals surface area contributed by atoms with E-state index in [9.17, 15) is 9.18 Å². The highest BCUT2D eigenvalue weighted by Crippen LogP contribution is 2.36. The molecule has 0 atom stereocenters. The number of likely N-dealkylation sites (tertiary alicyclic amines) is 1. The molecule has 0 radical (unpaired) electrons. The van der Waals surface area contributed by atoms with E-state index in [1.165, 1.54) is 18.9 Å². The molecule has 228 valence electrons. The van der Waals surface area contributed by atoms with E-state index in [1.54, 1.807) is 24.7 Å². The number of anilines is 1. The minimum Gasteiger partial charge on any atom is -0.492 e. The molecule has 2 aromatic carbocycles. The largest absolute Gasteiger partial charge is 0.492 e. The summed E-state index contributed by atoms with van der Waals surface area (Å²) in [7, 11) is 0. The fourth-order valence-electron chi connectivity index (χ4n) is 6.02. The van der Waals surface area contributed by atoms with Crippen LogP contribution in [-0.2, 0) is 4.79 Å². The molecule has 45 heavy (non-hydrogen) atoms. The molecule has 1 aliphatic rings. The number of hydrogen-bond acceptors (Lipinski definition) is 6. The van der Waals surface area contributed by atoms with Crippen LogP contribution in [0.3, 0.4) is 0 Å². The molecule has 1 fully saturated rings. The number of benzene rings is 2. The van der Waals surface area contributed by atoms with Gasteiger partial charge in [-0.1, -0.05) is 19.1 Å². The molecule has 0 saturated carbocycles. The van der Waals surface area contributed by atoms with Crippen molar-refractivity contribution in [2.45, 2.75) is 32.6 Å². The molecule has 0 bridgehead atoms. The number of nitrogens with one attached hydrogen (secondary N) is 3. The SMILES string of the molecule is CCCC(=O)Nc1cncc(-c2cnc3n[nH]c(-c4cc5c(-c6cc(F)cc(OCCN7CCCC7)c6)cccc5[nH]4)c3c2)c1. The number of aromatic nitrogens is 5. The summed E-state index contributed by atoms with van der Waals surface area (Å²) < 4.78 is 20.8. The smallest absolute Gasteiger partial charge is 0.224 e. The van der Waals surface area contributed by atoms with Gasteiger partial charge in [-0.05, 0) is 79.9 Å². The predicted octanol–water partition coefficient (Wildman–Crippen LogP) is 7.19. The Morgan fingerprint density at radius 2 is 1.87 bits per heavy atom. The molecule has 0 unspecified atom stereocenters. The fraction of sp³-hybridized carbons (Fsp3) is 0.257. The molecule has 6 aromatic rings. The molecule has 0 aliphatic carbocycles. The van der Waals surface area contributed by atoms with Crippen molar-refractivity contribution in [1.82, 2.24) is 30.0 Å². The van der Waals surface area contributed by atoms with Crippen molar-refractivity contribution in [3.8, 4) is 39.4 Å². The lowest BCUT2D eigenvalue weighted by molar-refractivity contribution is -0.116. The van der Waals surface area contributed by atoms with Crippen LogP contribution in [0.1, 0.15) is 32.6 Å². The van der Waals surface area contributed by atoms with Gasteiger partial charge >= 0.3 is 0 Å². The van der Waals surface area contributed by atoms with Crippen LogP contribution in [0.2, 0.25) is 0 Å². The maximum Gasteiger partial charge on any atom is 0.224 e. The van der Waals surface area contributed by atoms with Gasteiger partial charge in [0.1, 0.15) is 18.2 Å². The van der Waals surface area contributed by atoms with Crippen molar-refractivity contribution in [3.05, 3.63) is 79.0 Å². The van der Waals surface area contributed by atoms with Crippen LogP contribution < -0.4 is 10.1 Å². The van der Waals surface area contributed by atoms with Gasteiger partial charge < -0.3 is 15.0 Å². The molecule has 3 N–H and O–H groups in total. The zero-order valence-electron chi connectivity index (χ0n) is 25.1. The standard InChI is InChI=1S/C35H34FN7O2/c1-2-6-33(44)39-26-14-23(19-37-21-26)24-16-30-34(41-42-35(30)38-20-24)32-18-29-28(7-5-8-31(29)40-32)22-13-25(36)17-27(15-22)45-12-11-43-9-3-4-10-43/h5,7-8,13-21,40H,2-4,6,9-12H2,1H3,(H,39,44)(H,38,41,42). The van der Waals surface area contributed by atoms with Crippen LogP contribution in [0, 0.1) is 5.82 Å². The Labute approximate surface area is 259 Å². The highest BCUT2D eigenvalue weighted by molar-refractivity contribution is 6.01. The number of halogens is 1. The third-order valence-corrected chi connectivity index (χ3v) is 8.23. The van der Waals surface area contributed by atoms with Gasteiger partial charge in [0.05, 0.1) is 23.3 Å². The lowest BCUT2D eigenvalue weighted by atomic mass is 10.0. The summed E-state index contributed by atoms with van der Waals surface area (Å²) >= 11 is 0. The maximum absolute atomic E-state index is 14.8. The predicted molar refractivity (Wildman–Crippen MR) is 175 cm³/mol. The lowest BCUT2D eigenvalue weighted by Gasteiger charge is -2.15. The first-order valence-corrected chi connectivity index (χ1v) is 15.4. The highest BCUT2D eigenvalue weighted by Gasteiger charge is 2.16. The second-order valence-corrected chi connectivity index (χ2v) is 11.5. The minimum atomic E-state index is -0.335. The number of pyridine rings is 2. The number of nitrogens with zero attached hydrogens (tertiary/aromatic N) is 4. The average molecular weight is 604 g/mol. The second kappa shape index (κ2) is 12.5. The van der Waals surface area contributed by atoms with Gasteiger partial charge in [-0.15, -0.1) is 0 Å². The summed E-state index contributed by atoms with van der Waals surface area (Å²) in [6.45, 7) is 5.53. The number of carbonyl (C=O) groups is 1. The van der Waals surface area contributed by atoms with E-state index in [1.807, 2.05) is 43.3 Å².